The molecule has 2 aromatic carbocycles. The molecule has 180 valence electrons. The van der Waals surface area contributed by atoms with Crippen LogP contribution in [0, 0.1) is 0 Å². The molecule has 0 saturated carbocycles. The third-order valence-electron chi connectivity index (χ3n) is 5.76. The molecule has 11 nitrogen and oxygen atoms in total. The van der Waals surface area contributed by atoms with Crippen molar-refractivity contribution in [3.63, 3.8) is 0 Å². The van der Waals surface area contributed by atoms with E-state index in [0.717, 1.165) is 0 Å². The van der Waals surface area contributed by atoms with Gasteiger partial charge in [0.2, 0.25) is 11.2 Å². The topological polar surface area (TPSA) is 160 Å². The summed E-state index contributed by atoms with van der Waals surface area (Å²) < 4.78 is 18.3. The quantitative estimate of drug-likeness (QED) is 0.288. The average molecular weight is 479 g/mol. The second-order valence-electron chi connectivity index (χ2n) is 8.27. The van der Waals surface area contributed by atoms with Gasteiger partial charge in [-0.1, -0.05) is 6.07 Å². The van der Waals surface area contributed by atoms with Crippen molar-refractivity contribution >= 4 is 39.1 Å². The second-order valence-corrected chi connectivity index (χ2v) is 8.27. The maximum atomic E-state index is 13.1. The molecule has 0 fully saturated rings. The number of nitrogens with zero attached hydrogens (tertiary/aromatic N) is 1. The number of hydrogen-bond donors (Lipinski definition) is 4. The van der Waals surface area contributed by atoms with Gasteiger partial charge < -0.3 is 29.1 Å². The van der Waals surface area contributed by atoms with Gasteiger partial charge in [-0.15, -0.1) is 0 Å². The van der Waals surface area contributed by atoms with E-state index in [4.69, 9.17) is 19.0 Å². The van der Waals surface area contributed by atoms with Crippen LogP contribution in [0.15, 0.2) is 44.3 Å². The number of furan rings is 1. The van der Waals surface area contributed by atoms with Gasteiger partial charge in [0.15, 0.2) is 29.3 Å². The number of hydrogen-bond acceptors (Lipinski definition) is 7. The van der Waals surface area contributed by atoms with Crippen LogP contribution < -0.4 is 20.5 Å². The van der Waals surface area contributed by atoms with Crippen molar-refractivity contribution in [1.82, 2.24) is 14.8 Å². The summed E-state index contributed by atoms with van der Waals surface area (Å²) in [5.41, 5.74) is 1.03. The zero-order valence-electron chi connectivity index (χ0n) is 19.0. The average Bonchev–Trinajstić information content (AvgIpc) is 3.36. The Kier molecular flexibility index (Phi) is 5.04. The lowest BCUT2D eigenvalue weighted by atomic mass is 10.0. The fourth-order valence-corrected chi connectivity index (χ4v) is 4.21. The van der Waals surface area contributed by atoms with Gasteiger partial charge >= 0.3 is 5.97 Å². The van der Waals surface area contributed by atoms with E-state index in [2.05, 4.69) is 10.1 Å². The molecule has 35 heavy (non-hydrogen) atoms. The molecule has 0 aliphatic heterocycles. The predicted molar refractivity (Wildman–Crippen MR) is 128 cm³/mol. The normalized spacial score (nSPS) is 11.7. The molecule has 3 heterocycles. The molecule has 11 heteroatoms. The van der Waals surface area contributed by atoms with Gasteiger partial charge in [0.25, 0.3) is 5.56 Å². The zero-order chi connectivity index (χ0) is 25.0. The number of benzene rings is 2. The molecule has 0 spiro atoms. The number of carboxylic acids is 1. The first-order valence-electron chi connectivity index (χ1n) is 10.7. The summed E-state index contributed by atoms with van der Waals surface area (Å²) >= 11 is 0. The molecule has 0 unspecified atom stereocenters. The van der Waals surface area contributed by atoms with E-state index in [1.54, 1.807) is 22.9 Å². The molecule has 0 atom stereocenters. The number of carbonyl (C=O) groups is 1. The lowest BCUT2D eigenvalue weighted by Gasteiger charge is -2.13. The molecular formula is C24H21N3O8. The first-order chi connectivity index (χ1) is 16.7. The lowest BCUT2D eigenvalue weighted by Crippen LogP contribution is -2.10. The highest BCUT2D eigenvalue weighted by molar-refractivity contribution is 6.15. The summed E-state index contributed by atoms with van der Waals surface area (Å²) in [5.74, 6) is -1.24. The number of carboxylic acid groups (broad SMARTS) is 1. The smallest absolute Gasteiger partial charge is 0.341 e. The van der Waals surface area contributed by atoms with Crippen molar-refractivity contribution in [2.24, 2.45) is 0 Å². The minimum atomic E-state index is -1.16. The number of aromatic hydroxyl groups is 1. The number of methoxy groups -OCH3 is 1. The molecule has 3 aromatic heterocycles. The first-order valence-corrected chi connectivity index (χ1v) is 10.7. The minimum absolute atomic E-state index is 0.0129. The standard InChI is InChI=1S/C24H21N3O8/c1-10(2)27-23-18(24(32)26-27)17(11-4-7-14(33-3)15(8-11)34-9-16(29)30)22-19(25-23)12-5-6-13(28)20(31)21(12)35-22/h4-8,10,25,31H,9H2,1-3H3,(H,26,32)(H,29,30). The van der Waals surface area contributed by atoms with Crippen molar-refractivity contribution in [2.75, 3.05) is 13.7 Å². The number of ether oxygens (including phenoxy) is 2. The monoisotopic (exact) mass is 479 g/mol. The number of pyridine rings is 1. The van der Waals surface area contributed by atoms with Gasteiger partial charge in [-0.25, -0.2) is 4.79 Å². The van der Waals surface area contributed by atoms with Gasteiger partial charge in [0.1, 0.15) is 5.65 Å². The van der Waals surface area contributed by atoms with E-state index in [9.17, 15) is 19.5 Å². The van der Waals surface area contributed by atoms with E-state index in [-0.39, 0.29) is 33.9 Å². The summed E-state index contributed by atoms with van der Waals surface area (Å²) in [6, 6.07) is 7.49. The Morgan fingerprint density at radius 2 is 1.91 bits per heavy atom. The van der Waals surface area contributed by atoms with Crippen molar-refractivity contribution in [1.29, 1.82) is 0 Å². The molecule has 5 aromatic rings. The van der Waals surface area contributed by atoms with Crippen LogP contribution in [-0.2, 0) is 4.79 Å². The molecule has 0 aliphatic rings. The summed E-state index contributed by atoms with van der Waals surface area (Å²) in [5, 5.41) is 23.0. The third kappa shape index (κ3) is 3.39. The van der Waals surface area contributed by atoms with E-state index in [1.165, 1.54) is 19.2 Å². The van der Waals surface area contributed by atoms with Crippen molar-refractivity contribution in [2.45, 2.75) is 19.9 Å². The number of fused-ring (bicyclic) bond motifs is 4. The molecule has 0 aliphatic carbocycles. The highest BCUT2D eigenvalue weighted by atomic mass is 16.5. The minimum Gasteiger partial charge on any atom is -0.502 e. The molecule has 4 N–H and O–H groups in total. The number of phenols is 1. The number of phenolic OH excluding ortho intramolecular Hbond substituents is 1. The van der Waals surface area contributed by atoms with Crippen molar-refractivity contribution in [3.05, 3.63) is 50.9 Å². The van der Waals surface area contributed by atoms with Crippen LogP contribution in [0.5, 0.6) is 17.2 Å². The van der Waals surface area contributed by atoms with Gasteiger partial charge in [0.05, 0.1) is 18.0 Å². The first kappa shape index (κ1) is 22.1. The van der Waals surface area contributed by atoms with Crippen LogP contribution in [0.1, 0.15) is 19.9 Å². The fraction of sp³-hybridized carbons (Fsp3) is 0.208. The van der Waals surface area contributed by atoms with E-state index < -0.39 is 23.8 Å². The maximum absolute atomic E-state index is 13.1. The number of rotatable bonds is 6. The number of nitrogens with one attached hydrogen (secondary N) is 2. The van der Waals surface area contributed by atoms with Crippen LogP contribution in [0.3, 0.4) is 0 Å². The molecule has 0 radical (unpaired) electrons. The van der Waals surface area contributed by atoms with Crippen molar-refractivity contribution in [3.8, 4) is 28.4 Å². The number of aliphatic carboxylic acids is 1. The Labute approximate surface area is 196 Å². The number of aromatic amines is 2. The predicted octanol–water partition coefficient (Wildman–Crippen LogP) is 3.34. The molecule has 0 bridgehead atoms. The van der Waals surface area contributed by atoms with Gasteiger partial charge in [-0.3, -0.25) is 19.4 Å². The van der Waals surface area contributed by atoms with Crippen LogP contribution in [0.2, 0.25) is 0 Å². The largest absolute Gasteiger partial charge is 0.502 e. The summed E-state index contributed by atoms with van der Waals surface area (Å²) in [6.45, 7) is 3.21. The Hall–Kier alpha value is -4.67. The molecule has 0 saturated heterocycles. The highest BCUT2D eigenvalue weighted by Gasteiger charge is 2.24. The zero-order valence-corrected chi connectivity index (χ0v) is 19.0. The highest BCUT2D eigenvalue weighted by Crippen LogP contribution is 2.42. The summed E-state index contributed by atoms with van der Waals surface area (Å²) in [4.78, 5) is 39.5. The Bertz CT molecular complexity index is 1750. The summed E-state index contributed by atoms with van der Waals surface area (Å²) in [7, 11) is 1.42. The number of aromatic nitrogens is 3. The van der Waals surface area contributed by atoms with Gasteiger partial charge in [-0.2, -0.15) is 0 Å². The maximum Gasteiger partial charge on any atom is 0.341 e. The Morgan fingerprint density at radius 1 is 1.14 bits per heavy atom. The Balaban J connectivity index is 1.93. The fourth-order valence-electron chi connectivity index (χ4n) is 4.21. The molecule has 5 rings (SSSR count). The van der Waals surface area contributed by atoms with E-state index in [0.29, 0.717) is 33.4 Å². The molecule has 0 amide bonds. The number of H-pyrrole nitrogens is 2. The lowest BCUT2D eigenvalue weighted by molar-refractivity contribution is -0.139. The SMILES string of the molecule is COc1ccc(-c2c3oc4c(O)c(=O)ccc4c3[nH]c3c2c(=O)[nH]n3C(C)C)cc1OCC(=O)O. The van der Waals surface area contributed by atoms with Gasteiger partial charge in [0, 0.05) is 17.0 Å². The second kappa shape index (κ2) is 7.97. The Morgan fingerprint density at radius 3 is 2.60 bits per heavy atom. The third-order valence-corrected chi connectivity index (χ3v) is 5.76. The van der Waals surface area contributed by atoms with Crippen LogP contribution in [0.4, 0.5) is 0 Å². The van der Waals surface area contributed by atoms with Gasteiger partial charge in [-0.05, 0) is 43.7 Å². The van der Waals surface area contributed by atoms with E-state index in [1.807, 2.05) is 13.8 Å². The van der Waals surface area contributed by atoms with E-state index >= 15 is 0 Å². The van der Waals surface area contributed by atoms with Crippen LogP contribution >= 0.6 is 0 Å². The molecular weight excluding hydrogens is 458 g/mol. The van der Waals surface area contributed by atoms with Crippen LogP contribution in [0.25, 0.3) is 44.2 Å². The van der Waals surface area contributed by atoms with Crippen molar-refractivity contribution < 1.29 is 28.9 Å². The summed E-state index contributed by atoms with van der Waals surface area (Å²) in [6.07, 6.45) is 0. The van der Waals surface area contributed by atoms with Crippen LogP contribution in [-0.4, -0.2) is 44.7 Å².